The number of benzene rings is 1. The number of hydrogen-bond acceptors (Lipinski definition) is 5. The Morgan fingerprint density at radius 2 is 1.88 bits per heavy atom. The van der Waals surface area contributed by atoms with Crippen molar-refractivity contribution in [3.63, 3.8) is 0 Å². The Morgan fingerprint density at radius 1 is 1.15 bits per heavy atom. The van der Waals surface area contributed by atoms with Crippen molar-refractivity contribution in [1.29, 1.82) is 5.26 Å². The van der Waals surface area contributed by atoms with Gasteiger partial charge in [-0.1, -0.05) is 30.3 Å². The molecule has 0 spiro atoms. The number of ether oxygens (including phenoxy) is 1. The molecule has 1 aromatic carbocycles. The van der Waals surface area contributed by atoms with E-state index in [9.17, 15) is 4.79 Å². The predicted octanol–water partition coefficient (Wildman–Crippen LogP) is 2.87. The maximum absolute atomic E-state index is 12.1. The molecular weight excluding hydrogens is 328 g/mol. The summed E-state index contributed by atoms with van der Waals surface area (Å²) in [5.41, 5.74) is 1.20. The minimum Gasteiger partial charge on any atom is -0.472 e. The third-order valence-electron chi connectivity index (χ3n) is 4.30. The fourth-order valence-electron chi connectivity index (χ4n) is 2.96. The van der Waals surface area contributed by atoms with Crippen molar-refractivity contribution in [2.45, 2.75) is 37.8 Å². The SMILES string of the molecule is N#Cc1nccnc1OC1CCC(NC(=O)/C=C/c2ccccc2)CC1. The molecule has 0 unspecified atom stereocenters. The van der Waals surface area contributed by atoms with E-state index in [0.717, 1.165) is 31.2 Å². The zero-order chi connectivity index (χ0) is 18.2. The lowest BCUT2D eigenvalue weighted by Crippen LogP contribution is -2.39. The number of amides is 1. The van der Waals surface area contributed by atoms with Crippen LogP contribution in [-0.4, -0.2) is 28.0 Å². The Bertz CT molecular complexity index is 806. The molecule has 0 aliphatic heterocycles. The Balaban J connectivity index is 1.46. The quantitative estimate of drug-likeness (QED) is 0.840. The topological polar surface area (TPSA) is 87.9 Å². The summed E-state index contributed by atoms with van der Waals surface area (Å²) < 4.78 is 5.81. The van der Waals surface area contributed by atoms with Gasteiger partial charge in [0.2, 0.25) is 11.6 Å². The van der Waals surface area contributed by atoms with Crippen LogP contribution in [0.5, 0.6) is 5.88 Å². The van der Waals surface area contributed by atoms with Crippen LogP contribution in [0.1, 0.15) is 36.9 Å². The number of nitriles is 1. The van der Waals surface area contributed by atoms with Crippen LogP contribution >= 0.6 is 0 Å². The van der Waals surface area contributed by atoms with Crippen molar-refractivity contribution in [3.05, 3.63) is 60.1 Å². The van der Waals surface area contributed by atoms with Gasteiger partial charge in [-0.2, -0.15) is 5.26 Å². The van der Waals surface area contributed by atoms with E-state index in [1.807, 2.05) is 42.5 Å². The van der Waals surface area contributed by atoms with Crippen LogP contribution in [0.2, 0.25) is 0 Å². The van der Waals surface area contributed by atoms with Crippen molar-refractivity contribution >= 4 is 12.0 Å². The molecule has 1 fully saturated rings. The van der Waals surface area contributed by atoms with Gasteiger partial charge in [0, 0.05) is 24.5 Å². The third kappa shape index (κ3) is 4.90. The standard InChI is InChI=1S/C20H20N4O2/c21-14-18-20(23-13-12-22-18)26-17-9-7-16(8-10-17)24-19(25)11-6-15-4-2-1-3-5-15/h1-6,11-13,16-17H,7-10H2,(H,24,25)/b11-6+. The second-order valence-corrected chi connectivity index (χ2v) is 6.17. The number of carbonyl (C=O) groups excluding carboxylic acids is 1. The van der Waals surface area contributed by atoms with Crippen molar-refractivity contribution < 1.29 is 9.53 Å². The molecule has 2 aromatic rings. The summed E-state index contributed by atoms with van der Waals surface area (Å²) in [4.78, 5) is 20.1. The maximum Gasteiger partial charge on any atom is 0.251 e. The highest BCUT2D eigenvalue weighted by Gasteiger charge is 2.24. The molecule has 0 radical (unpaired) electrons. The average Bonchev–Trinajstić information content (AvgIpc) is 2.69. The predicted molar refractivity (Wildman–Crippen MR) is 97.0 cm³/mol. The molecule has 1 saturated carbocycles. The highest BCUT2D eigenvalue weighted by molar-refractivity contribution is 5.91. The molecule has 1 amide bonds. The van der Waals surface area contributed by atoms with E-state index < -0.39 is 0 Å². The highest BCUT2D eigenvalue weighted by Crippen LogP contribution is 2.24. The Hall–Kier alpha value is -3.20. The van der Waals surface area contributed by atoms with Gasteiger partial charge in [0.25, 0.3) is 5.88 Å². The first kappa shape index (κ1) is 17.6. The molecule has 0 saturated heterocycles. The Kier molecular flexibility index (Phi) is 5.94. The molecule has 1 N–H and O–H groups in total. The molecule has 1 aliphatic rings. The summed E-state index contributed by atoms with van der Waals surface area (Å²) in [6, 6.07) is 11.8. The van der Waals surface area contributed by atoms with Gasteiger partial charge in [-0.3, -0.25) is 4.79 Å². The van der Waals surface area contributed by atoms with Gasteiger partial charge in [0.1, 0.15) is 12.2 Å². The molecule has 1 aliphatic carbocycles. The third-order valence-corrected chi connectivity index (χ3v) is 4.30. The second-order valence-electron chi connectivity index (χ2n) is 6.17. The number of nitrogens with zero attached hydrogens (tertiary/aromatic N) is 3. The van der Waals surface area contributed by atoms with Crippen molar-refractivity contribution in [3.8, 4) is 11.9 Å². The molecule has 6 nitrogen and oxygen atoms in total. The molecule has 26 heavy (non-hydrogen) atoms. The molecule has 132 valence electrons. The van der Waals surface area contributed by atoms with Gasteiger partial charge >= 0.3 is 0 Å². The van der Waals surface area contributed by atoms with E-state index in [0.29, 0.717) is 0 Å². The lowest BCUT2D eigenvalue weighted by atomic mass is 9.93. The van der Waals surface area contributed by atoms with E-state index in [-0.39, 0.29) is 29.6 Å². The minimum atomic E-state index is -0.0843. The molecule has 0 atom stereocenters. The molecule has 3 rings (SSSR count). The number of carbonyl (C=O) groups is 1. The summed E-state index contributed by atoms with van der Waals surface area (Å²) in [6.45, 7) is 0. The van der Waals surface area contributed by atoms with Crippen LogP contribution in [0.3, 0.4) is 0 Å². The fourth-order valence-corrected chi connectivity index (χ4v) is 2.96. The molecule has 6 heteroatoms. The summed E-state index contributed by atoms with van der Waals surface area (Å²) in [7, 11) is 0. The fraction of sp³-hybridized carbons (Fsp3) is 0.300. The smallest absolute Gasteiger partial charge is 0.251 e. The first-order chi connectivity index (χ1) is 12.7. The van der Waals surface area contributed by atoms with E-state index in [4.69, 9.17) is 10.00 Å². The van der Waals surface area contributed by atoms with Crippen LogP contribution in [0.4, 0.5) is 0 Å². The number of aromatic nitrogens is 2. The normalized spacial score (nSPS) is 19.7. The first-order valence-corrected chi connectivity index (χ1v) is 8.66. The molecular formula is C20H20N4O2. The van der Waals surface area contributed by atoms with E-state index in [1.165, 1.54) is 12.4 Å². The van der Waals surface area contributed by atoms with Crippen LogP contribution in [0, 0.1) is 11.3 Å². The van der Waals surface area contributed by atoms with Gasteiger partial charge in [-0.25, -0.2) is 9.97 Å². The number of hydrogen-bond donors (Lipinski definition) is 1. The molecule has 0 bridgehead atoms. The zero-order valence-corrected chi connectivity index (χ0v) is 14.3. The summed E-state index contributed by atoms with van der Waals surface area (Å²) >= 11 is 0. The second kappa shape index (κ2) is 8.77. The summed E-state index contributed by atoms with van der Waals surface area (Å²) in [5, 5.41) is 12.1. The van der Waals surface area contributed by atoms with Gasteiger partial charge in [0.15, 0.2) is 0 Å². The summed E-state index contributed by atoms with van der Waals surface area (Å²) in [6.07, 6.45) is 9.62. The maximum atomic E-state index is 12.1. The van der Waals surface area contributed by atoms with E-state index >= 15 is 0 Å². The zero-order valence-electron chi connectivity index (χ0n) is 14.3. The first-order valence-electron chi connectivity index (χ1n) is 8.66. The minimum absolute atomic E-state index is 0.00758. The van der Waals surface area contributed by atoms with Crippen LogP contribution in [-0.2, 0) is 4.79 Å². The van der Waals surface area contributed by atoms with Gasteiger partial charge in [-0.05, 0) is 37.3 Å². The van der Waals surface area contributed by atoms with Crippen molar-refractivity contribution in [1.82, 2.24) is 15.3 Å². The Labute approximate surface area is 152 Å². The molecule has 1 heterocycles. The van der Waals surface area contributed by atoms with Crippen LogP contribution in [0.15, 0.2) is 48.8 Å². The lowest BCUT2D eigenvalue weighted by molar-refractivity contribution is -0.117. The van der Waals surface area contributed by atoms with E-state index in [2.05, 4.69) is 15.3 Å². The van der Waals surface area contributed by atoms with E-state index in [1.54, 1.807) is 6.08 Å². The van der Waals surface area contributed by atoms with Gasteiger partial charge < -0.3 is 10.1 Å². The van der Waals surface area contributed by atoms with Crippen molar-refractivity contribution in [2.75, 3.05) is 0 Å². The largest absolute Gasteiger partial charge is 0.472 e. The average molecular weight is 348 g/mol. The highest BCUT2D eigenvalue weighted by atomic mass is 16.5. The molecule has 1 aromatic heterocycles. The summed E-state index contributed by atoms with van der Waals surface area (Å²) in [5.74, 6) is 0.201. The van der Waals surface area contributed by atoms with Gasteiger partial charge in [-0.15, -0.1) is 0 Å². The number of nitrogens with one attached hydrogen (secondary N) is 1. The van der Waals surface area contributed by atoms with Crippen LogP contribution in [0.25, 0.3) is 6.08 Å². The number of rotatable bonds is 5. The van der Waals surface area contributed by atoms with Crippen LogP contribution < -0.4 is 10.1 Å². The van der Waals surface area contributed by atoms with Gasteiger partial charge in [0.05, 0.1) is 0 Å². The lowest BCUT2D eigenvalue weighted by Gasteiger charge is -2.28. The monoisotopic (exact) mass is 348 g/mol. The van der Waals surface area contributed by atoms with Crippen molar-refractivity contribution in [2.24, 2.45) is 0 Å². The Morgan fingerprint density at radius 3 is 2.62 bits per heavy atom.